The summed E-state index contributed by atoms with van der Waals surface area (Å²) in [5, 5.41) is 22.5. The van der Waals surface area contributed by atoms with Crippen LogP contribution < -0.4 is 4.90 Å². The molecule has 0 unspecified atom stereocenters. The molecular formula is C24H20N4O3. The second kappa shape index (κ2) is 8.67. The van der Waals surface area contributed by atoms with Gasteiger partial charge in [-0.1, -0.05) is 42.5 Å². The molecule has 31 heavy (non-hydrogen) atoms. The first kappa shape index (κ1) is 20.1. The molecule has 4 rings (SSSR count). The van der Waals surface area contributed by atoms with E-state index in [1.807, 2.05) is 42.5 Å². The van der Waals surface area contributed by atoms with Crippen LogP contribution in [0.1, 0.15) is 5.56 Å². The molecule has 0 spiro atoms. The van der Waals surface area contributed by atoms with E-state index in [2.05, 4.69) is 11.0 Å². The van der Waals surface area contributed by atoms with Crippen molar-refractivity contribution in [1.29, 1.82) is 5.26 Å². The lowest BCUT2D eigenvalue weighted by Gasteiger charge is -2.36. The molecule has 1 aliphatic rings. The number of nitriles is 1. The van der Waals surface area contributed by atoms with E-state index in [0.29, 0.717) is 26.2 Å². The van der Waals surface area contributed by atoms with E-state index in [0.717, 1.165) is 22.0 Å². The molecular weight excluding hydrogens is 392 g/mol. The molecule has 0 aliphatic carbocycles. The van der Waals surface area contributed by atoms with E-state index in [9.17, 15) is 20.2 Å². The fourth-order valence-electron chi connectivity index (χ4n) is 3.80. The molecule has 3 aromatic rings. The summed E-state index contributed by atoms with van der Waals surface area (Å²) >= 11 is 0. The first-order valence-corrected chi connectivity index (χ1v) is 9.95. The van der Waals surface area contributed by atoms with Crippen LogP contribution in [0.15, 0.2) is 72.3 Å². The first-order chi connectivity index (χ1) is 15.1. The lowest BCUT2D eigenvalue weighted by atomic mass is 10.0. The maximum atomic E-state index is 13.0. The molecule has 7 nitrogen and oxygen atoms in total. The molecule has 1 fully saturated rings. The van der Waals surface area contributed by atoms with Crippen LogP contribution in [-0.2, 0) is 4.79 Å². The Morgan fingerprint density at radius 3 is 2.32 bits per heavy atom. The highest BCUT2D eigenvalue weighted by molar-refractivity contribution is 6.04. The largest absolute Gasteiger partial charge is 0.368 e. The van der Waals surface area contributed by atoms with Crippen LogP contribution in [-0.4, -0.2) is 41.9 Å². The fourth-order valence-corrected chi connectivity index (χ4v) is 3.80. The van der Waals surface area contributed by atoms with Crippen molar-refractivity contribution in [3.63, 3.8) is 0 Å². The van der Waals surface area contributed by atoms with E-state index in [1.54, 1.807) is 23.1 Å². The van der Waals surface area contributed by atoms with Crippen LogP contribution in [0.25, 0.3) is 16.8 Å². The van der Waals surface area contributed by atoms with Crippen molar-refractivity contribution in [3.05, 3.63) is 88.0 Å². The van der Waals surface area contributed by atoms with Crippen LogP contribution in [0.3, 0.4) is 0 Å². The molecule has 0 N–H and O–H groups in total. The first-order valence-electron chi connectivity index (χ1n) is 9.95. The lowest BCUT2D eigenvalue weighted by molar-refractivity contribution is -0.384. The average Bonchev–Trinajstić information content (AvgIpc) is 2.82. The molecule has 0 saturated carbocycles. The highest BCUT2D eigenvalue weighted by Crippen LogP contribution is 2.23. The Bertz CT molecular complexity index is 1200. The second-order valence-electron chi connectivity index (χ2n) is 7.29. The van der Waals surface area contributed by atoms with Crippen molar-refractivity contribution >= 4 is 34.1 Å². The summed E-state index contributed by atoms with van der Waals surface area (Å²) in [6, 6.07) is 22.1. The van der Waals surface area contributed by atoms with Gasteiger partial charge in [0.25, 0.3) is 11.6 Å². The number of carbonyl (C=O) groups excluding carboxylic acids is 1. The van der Waals surface area contributed by atoms with Gasteiger partial charge in [-0.25, -0.2) is 0 Å². The predicted molar refractivity (Wildman–Crippen MR) is 119 cm³/mol. The normalized spacial score (nSPS) is 14.4. The third kappa shape index (κ3) is 4.23. The van der Waals surface area contributed by atoms with E-state index in [-0.39, 0.29) is 17.2 Å². The monoisotopic (exact) mass is 412 g/mol. The summed E-state index contributed by atoms with van der Waals surface area (Å²) in [5.41, 5.74) is 1.88. The maximum absolute atomic E-state index is 13.0. The fraction of sp³-hybridized carbons (Fsp3) is 0.167. The van der Waals surface area contributed by atoms with E-state index in [4.69, 9.17) is 0 Å². The molecule has 154 valence electrons. The van der Waals surface area contributed by atoms with Crippen molar-refractivity contribution in [2.24, 2.45) is 0 Å². The molecule has 0 aromatic heterocycles. The van der Waals surface area contributed by atoms with E-state index < -0.39 is 4.92 Å². The van der Waals surface area contributed by atoms with Gasteiger partial charge in [-0.2, -0.15) is 5.26 Å². The number of nitro benzene ring substituents is 1. The highest BCUT2D eigenvalue weighted by Gasteiger charge is 2.24. The van der Waals surface area contributed by atoms with Gasteiger partial charge in [0.1, 0.15) is 11.6 Å². The number of fused-ring (bicyclic) bond motifs is 1. The van der Waals surface area contributed by atoms with Gasteiger partial charge in [0.15, 0.2) is 0 Å². The number of hydrogen-bond donors (Lipinski definition) is 0. The number of nitro groups is 1. The summed E-state index contributed by atoms with van der Waals surface area (Å²) < 4.78 is 0. The number of carbonyl (C=O) groups is 1. The van der Waals surface area contributed by atoms with Gasteiger partial charge >= 0.3 is 0 Å². The Labute approximate surface area is 179 Å². The Morgan fingerprint density at radius 1 is 0.968 bits per heavy atom. The van der Waals surface area contributed by atoms with Crippen LogP contribution in [0, 0.1) is 21.4 Å². The van der Waals surface area contributed by atoms with Gasteiger partial charge < -0.3 is 9.80 Å². The Kier molecular flexibility index (Phi) is 5.63. The Morgan fingerprint density at radius 2 is 1.65 bits per heavy atom. The van der Waals surface area contributed by atoms with Crippen LogP contribution in [0.2, 0.25) is 0 Å². The average molecular weight is 412 g/mol. The van der Waals surface area contributed by atoms with Crippen molar-refractivity contribution in [1.82, 2.24) is 4.90 Å². The number of non-ortho nitro benzene ring substituents is 1. The van der Waals surface area contributed by atoms with Crippen molar-refractivity contribution in [3.8, 4) is 6.07 Å². The second-order valence-corrected chi connectivity index (χ2v) is 7.29. The third-order valence-electron chi connectivity index (χ3n) is 5.47. The van der Waals surface area contributed by atoms with Crippen molar-refractivity contribution < 1.29 is 9.72 Å². The van der Waals surface area contributed by atoms with Crippen molar-refractivity contribution in [2.75, 3.05) is 31.1 Å². The summed E-state index contributed by atoms with van der Waals surface area (Å²) in [7, 11) is 0. The standard InChI is InChI=1S/C24H20N4O3/c25-17-20(16-19-6-3-5-18-4-1-2-7-23(18)19)24(29)27-14-12-26(13-15-27)21-8-10-22(11-9-21)28(30)31/h1-11,16H,12-15H2/b20-16+. The van der Waals surface area contributed by atoms with E-state index >= 15 is 0 Å². The van der Waals surface area contributed by atoms with Crippen LogP contribution in [0.4, 0.5) is 11.4 Å². The van der Waals surface area contributed by atoms with Gasteiger partial charge in [0.05, 0.1) is 4.92 Å². The summed E-state index contributed by atoms with van der Waals surface area (Å²) in [4.78, 5) is 27.1. The lowest BCUT2D eigenvalue weighted by Crippen LogP contribution is -2.49. The molecule has 1 amide bonds. The van der Waals surface area contributed by atoms with Gasteiger partial charge in [-0.05, 0) is 34.5 Å². The molecule has 0 radical (unpaired) electrons. The van der Waals surface area contributed by atoms with Gasteiger partial charge in [0, 0.05) is 44.0 Å². The molecule has 1 aliphatic heterocycles. The van der Waals surface area contributed by atoms with Gasteiger partial charge in [-0.3, -0.25) is 14.9 Å². The molecule has 1 heterocycles. The van der Waals surface area contributed by atoms with Gasteiger partial charge in [-0.15, -0.1) is 0 Å². The summed E-state index contributed by atoms with van der Waals surface area (Å²) in [6.45, 7) is 2.14. The number of rotatable bonds is 4. The molecule has 1 saturated heterocycles. The number of piperazine rings is 1. The minimum absolute atomic E-state index is 0.0507. The van der Waals surface area contributed by atoms with Crippen LogP contribution in [0.5, 0.6) is 0 Å². The number of benzene rings is 3. The molecule has 0 atom stereocenters. The van der Waals surface area contributed by atoms with Gasteiger partial charge in [0.2, 0.25) is 0 Å². The van der Waals surface area contributed by atoms with Crippen molar-refractivity contribution in [2.45, 2.75) is 0 Å². The Balaban J connectivity index is 1.47. The summed E-state index contributed by atoms with van der Waals surface area (Å²) in [5.74, 6) is -0.279. The smallest absolute Gasteiger partial charge is 0.269 e. The minimum atomic E-state index is -0.425. The number of anilines is 1. The topological polar surface area (TPSA) is 90.5 Å². The number of nitrogens with zero attached hydrogens (tertiary/aromatic N) is 4. The molecule has 0 bridgehead atoms. The molecule has 3 aromatic carbocycles. The number of amides is 1. The number of hydrogen-bond acceptors (Lipinski definition) is 5. The van der Waals surface area contributed by atoms with E-state index in [1.165, 1.54) is 12.1 Å². The third-order valence-corrected chi connectivity index (χ3v) is 5.47. The quantitative estimate of drug-likeness (QED) is 0.280. The molecule has 7 heteroatoms. The zero-order valence-corrected chi connectivity index (χ0v) is 16.8. The highest BCUT2D eigenvalue weighted by atomic mass is 16.6. The predicted octanol–water partition coefficient (Wildman–Crippen LogP) is 4.00. The maximum Gasteiger partial charge on any atom is 0.269 e. The summed E-state index contributed by atoms with van der Waals surface area (Å²) in [6.07, 6.45) is 1.66. The zero-order valence-electron chi connectivity index (χ0n) is 16.8. The van der Waals surface area contributed by atoms with Crippen LogP contribution >= 0.6 is 0 Å². The SMILES string of the molecule is N#C/C(=C\c1cccc2ccccc12)C(=O)N1CCN(c2ccc([N+](=O)[O-])cc2)CC1. The zero-order chi connectivity index (χ0) is 21.8. The Hall–Kier alpha value is -4.18. The minimum Gasteiger partial charge on any atom is -0.368 e.